The van der Waals surface area contributed by atoms with Gasteiger partial charge in [-0.25, -0.2) is 0 Å². The molecule has 8 unspecified atom stereocenters. The zero-order valence-corrected chi connectivity index (χ0v) is 27.4. The van der Waals surface area contributed by atoms with E-state index in [1.54, 1.807) is 0 Å². The van der Waals surface area contributed by atoms with Crippen LogP contribution in [0, 0.1) is 0 Å². The van der Waals surface area contributed by atoms with Gasteiger partial charge in [-0.2, -0.15) is 0 Å². The Hall–Kier alpha value is 0.700. The van der Waals surface area contributed by atoms with Crippen molar-refractivity contribution in [2.45, 2.75) is 183 Å². The van der Waals surface area contributed by atoms with Crippen LogP contribution in [0.5, 0.6) is 0 Å². The van der Waals surface area contributed by atoms with Gasteiger partial charge in [-0.05, 0) is 89.9 Å². The van der Waals surface area contributed by atoms with Gasteiger partial charge in [-0.15, -0.1) is 0 Å². The van der Waals surface area contributed by atoms with Gasteiger partial charge in [0.05, 0.1) is 71.7 Å². The van der Waals surface area contributed by atoms with E-state index in [0.717, 1.165) is 51.4 Å². The monoisotopic (exact) mass is 586 g/mol. The molecule has 0 aromatic heterocycles. The predicted molar refractivity (Wildman–Crippen MR) is 172 cm³/mol. The van der Waals surface area contributed by atoms with Crippen molar-refractivity contribution >= 4 is 14.5 Å². The van der Waals surface area contributed by atoms with Crippen molar-refractivity contribution in [3.8, 4) is 0 Å². The summed E-state index contributed by atoms with van der Waals surface area (Å²) in [5.74, 6) is 0. The highest BCUT2D eigenvalue weighted by Gasteiger charge is 2.56. The van der Waals surface area contributed by atoms with Crippen molar-refractivity contribution in [3.63, 3.8) is 0 Å². The summed E-state index contributed by atoms with van der Waals surface area (Å²) in [6.45, 7) is 4.77. The van der Waals surface area contributed by atoms with Gasteiger partial charge in [0.25, 0.3) is 0 Å². The van der Waals surface area contributed by atoms with E-state index in [1.165, 1.54) is 95.3 Å². The molecule has 0 amide bonds. The van der Waals surface area contributed by atoms with Gasteiger partial charge < -0.3 is 20.4 Å². The molecule has 0 bridgehead atoms. The van der Waals surface area contributed by atoms with Gasteiger partial charge in [0.15, 0.2) is 0 Å². The highest BCUT2D eigenvalue weighted by Crippen LogP contribution is 2.76. The van der Waals surface area contributed by atoms with Crippen LogP contribution in [0.4, 0.5) is 0 Å². The standard InChI is InChI=1S/C33H64O4P2/c1-3-18-38(30-14-5-10-26(34)22-30,31-15-6-11-27(35)23-31)20-9-21-39(19-4-2,32-16-7-12-28(36)24-32)33-17-8-13-29(37)25-33/h26-37H,3-25H2,1-2H3/q+2. The maximum absolute atomic E-state index is 10.8. The molecule has 0 aromatic carbocycles. The van der Waals surface area contributed by atoms with Gasteiger partial charge in [0.2, 0.25) is 0 Å². The lowest BCUT2D eigenvalue weighted by atomic mass is 9.97. The Kier molecular flexibility index (Phi) is 12.9. The summed E-state index contributed by atoms with van der Waals surface area (Å²) in [4.78, 5) is 0. The molecule has 39 heavy (non-hydrogen) atoms. The van der Waals surface area contributed by atoms with Gasteiger partial charge in [-0.3, -0.25) is 0 Å². The zero-order valence-electron chi connectivity index (χ0n) is 25.6. The van der Waals surface area contributed by atoms with E-state index in [-0.39, 0.29) is 24.4 Å². The Morgan fingerprint density at radius 2 is 0.718 bits per heavy atom. The molecule has 4 aliphatic rings. The van der Waals surface area contributed by atoms with E-state index in [2.05, 4.69) is 13.8 Å². The molecule has 4 aliphatic carbocycles. The molecule has 4 N–H and O–H groups in total. The van der Waals surface area contributed by atoms with E-state index in [9.17, 15) is 20.4 Å². The molecule has 0 radical (unpaired) electrons. The van der Waals surface area contributed by atoms with Gasteiger partial charge in [0.1, 0.15) is 0 Å². The first-order valence-corrected chi connectivity index (χ1v) is 21.9. The molecule has 4 saturated carbocycles. The third-order valence-electron chi connectivity index (χ3n) is 11.8. The van der Waals surface area contributed by atoms with Crippen LogP contribution in [0.15, 0.2) is 0 Å². The lowest BCUT2D eigenvalue weighted by molar-refractivity contribution is 0.126. The highest BCUT2D eigenvalue weighted by atomic mass is 31.2. The Morgan fingerprint density at radius 3 is 0.949 bits per heavy atom. The molecule has 0 spiro atoms. The molecule has 4 rings (SSSR count). The predicted octanol–water partition coefficient (Wildman–Crippen LogP) is 7.45. The molecule has 228 valence electrons. The van der Waals surface area contributed by atoms with Crippen LogP contribution in [0.2, 0.25) is 0 Å². The number of aliphatic hydroxyl groups excluding tert-OH is 4. The Morgan fingerprint density at radius 1 is 0.436 bits per heavy atom. The summed E-state index contributed by atoms with van der Waals surface area (Å²) in [6, 6.07) is 0. The minimum atomic E-state index is -1.33. The van der Waals surface area contributed by atoms with Crippen molar-refractivity contribution in [2.24, 2.45) is 0 Å². The van der Waals surface area contributed by atoms with E-state index in [1.807, 2.05) is 0 Å². The molecule has 0 saturated heterocycles. The number of hydrogen-bond acceptors (Lipinski definition) is 4. The fourth-order valence-corrected chi connectivity index (χ4v) is 23.6. The van der Waals surface area contributed by atoms with E-state index >= 15 is 0 Å². The smallest absolute Gasteiger partial charge is 0.0725 e. The molecule has 0 aromatic rings. The van der Waals surface area contributed by atoms with Gasteiger partial charge in [-0.1, -0.05) is 13.8 Å². The fraction of sp³-hybridized carbons (Fsp3) is 1.00. The second kappa shape index (κ2) is 15.4. The molecule has 6 heteroatoms. The lowest BCUT2D eigenvalue weighted by Crippen LogP contribution is -2.39. The summed E-state index contributed by atoms with van der Waals surface area (Å²) in [7, 11) is -2.66. The SMILES string of the molecule is CCC[P+](CCC[P+](CCC)(C1CCCC(O)C1)C1CCCC(O)C1)(C1CCCC(O)C1)C1CCCC(O)C1. The van der Waals surface area contributed by atoms with E-state index < -0.39 is 14.5 Å². The third-order valence-corrected chi connectivity index (χ3v) is 24.4. The average molecular weight is 587 g/mol. The Balaban J connectivity index is 1.61. The molecular weight excluding hydrogens is 522 g/mol. The second-order valence-electron chi connectivity index (χ2n) is 14.4. The first-order valence-electron chi connectivity index (χ1n) is 17.3. The quantitative estimate of drug-likeness (QED) is 0.179. The molecule has 4 fully saturated rings. The summed E-state index contributed by atoms with van der Waals surface area (Å²) in [5, 5.41) is 43.2. The number of aliphatic hydroxyl groups is 4. The van der Waals surface area contributed by atoms with Crippen molar-refractivity contribution in [1.29, 1.82) is 0 Å². The largest absolute Gasteiger partial charge is 0.393 e. The van der Waals surface area contributed by atoms with Crippen LogP contribution in [0.3, 0.4) is 0 Å². The molecule has 4 nitrogen and oxygen atoms in total. The van der Waals surface area contributed by atoms with Crippen LogP contribution in [0.1, 0.15) is 136 Å². The van der Waals surface area contributed by atoms with Crippen molar-refractivity contribution < 1.29 is 20.4 Å². The highest BCUT2D eigenvalue weighted by molar-refractivity contribution is 7.78. The van der Waals surface area contributed by atoms with Crippen LogP contribution < -0.4 is 0 Å². The van der Waals surface area contributed by atoms with Crippen LogP contribution in [-0.4, -0.2) is 92.1 Å². The van der Waals surface area contributed by atoms with E-state index in [4.69, 9.17) is 0 Å². The Labute approximate surface area is 242 Å². The molecule has 0 aliphatic heterocycles. The Bertz CT molecular complexity index is 618. The maximum Gasteiger partial charge on any atom is 0.0725 e. The average Bonchev–Trinajstić information content (AvgIpc) is 2.92. The lowest BCUT2D eigenvalue weighted by Gasteiger charge is -2.47. The van der Waals surface area contributed by atoms with Gasteiger partial charge >= 0.3 is 0 Å². The minimum absolute atomic E-state index is 0.118. The van der Waals surface area contributed by atoms with Gasteiger partial charge in [0, 0.05) is 46.6 Å². The summed E-state index contributed by atoms with van der Waals surface area (Å²) < 4.78 is 0. The maximum atomic E-state index is 10.8. The normalized spacial score (nSPS) is 39.5. The van der Waals surface area contributed by atoms with Crippen molar-refractivity contribution in [3.05, 3.63) is 0 Å². The van der Waals surface area contributed by atoms with Crippen molar-refractivity contribution in [1.82, 2.24) is 0 Å². The van der Waals surface area contributed by atoms with Crippen LogP contribution in [0.25, 0.3) is 0 Å². The third kappa shape index (κ3) is 8.00. The second-order valence-corrected chi connectivity index (χ2v) is 23.5. The number of hydrogen-bond donors (Lipinski definition) is 4. The van der Waals surface area contributed by atoms with Crippen molar-refractivity contribution in [2.75, 3.05) is 24.6 Å². The topological polar surface area (TPSA) is 80.9 Å². The molecule has 0 heterocycles. The molecular formula is C33H64O4P2+2. The summed E-state index contributed by atoms with van der Waals surface area (Å²) >= 11 is 0. The first-order chi connectivity index (χ1) is 18.8. The fourth-order valence-electron chi connectivity index (χ4n) is 10.2. The summed E-state index contributed by atoms with van der Waals surface area (Å²) in [6.07, 6.45) is 26.7. The number of rotatable bonds is 12. The summed E-state index contributed by atoms with van der Waals surface area (Å²) in [5.41, 5.74) is 2.79. The minimum Gasteiger partial charge on any atom is -0.393 e. The van der Waals surface area contributed by atoms with Crippen LogP contribution in [-0.2, 0) is 0 Å². The first kappa shape index (κ1) is 32.6. The zero-order chi connectivity index (χ0) is 27.9. The molecule has 8 atom stereocenters. The van der Waals surface area contributed by atoms with Crippen LogP contribution >= 0.6 is 14.5 Å². The van der Waals surface area contributed by atoms with E-state index in [0.29, 0.717) is 22.6 Å².